The number of ether oxygens (including phenoxy) is 1. The Morgan fingerprint density at radius 3 is 2.74 bits per heavy atom. The maximum Gasteiger partial charge on any atom is 0.274 e. The van der Waals surface area contributed by atoms with E-state index in [0.29, 0.717) is 59.7 Å². The molecule has 0 radical (unpaired) electrons. The average Bonchev–Trinajstić information content (AvgIpc) is 3.48. The number of aromatic nitrogens is 1. The molecule has 11 heteroatoms. The lowest BCUT2D eigenvalue weighted by Crippen LogP contribution is -2.43. The predicted molar refractivity (Wildman–Crippen MR) is 155 cm³/mol. The number of amides is 1. The second-order valence-corrected chi connectivity index (χ2v) is 10.8. The lowest BCUT2D eigenvalue weighted by Gasteiger charge is -2.32. The first-order valence-corrected chi connectivity index (χ1v) is 14.3. The molecule has 4 aromatic rings. The minimum atomic E-state index is -1.37. The van der Waals surface area contributed by atoms with Crippen molar-refractivity contribution in [1.29, 1.82) is 5.26 Å². The topological polar surface area (TPSA) is 121 Å². The lowest BCUT2D eigenvalue weighted by molar-refractivity contribution is -0.0147. The van der Waals surface area contributed by atoms with Gasteiger partial charge in [0.25, 0.3) is 5.91 Å². The molecule has 2 fully saturated rings. The molecule has 2 aromatic heterocycles. The van der Waals surface area contributed by atoms with Gasteiger partial charge in [0.2, 0.25) is 0 Å². The first kappa shape index (κ1) is 28.7. The van der Waals surface area contributed by atoms with Crippen LogP contribution in [0.15, 0.2) is 65.2 Å². The fraction of sp³-hybridized carbons (Fsp3) is 0.344. The number of alkyl halides is 1. The lowest BCUT2D eigenvalue weighted by atomic mass is 9.90. The van der Waals surface area contributed by atoms with Gasteiger partial charge in [0, 0.05) is 48.6 Å². The number of carbonyl (C=O) groups excluding carboxylic acids is 1. The highest BCUT2D eigenvalue weighted by atomic mass is 19.1. The Labute approximate surface area is 247 Å². The van der Waals surface area contributed by atoms with Crippen molar-refractivity contribution in [1.82, 2.24) is 15.8 Å². The molecule has 4 heterocycles. The van der Waals surface area contributed by atoms with Gasteiger partial charge in [0.15, 0.2) is 5.58 Å². The van der Waals surface area contributed by atoms with Gasteiger partial charge in [0.1, 0.15) is 29.3 Å². The number of hydroxylamine groups is 1. The fourth-order valence-corrected chi connectivity index (χ4v) is 5.64. The summed E-state index contributed by atoms with van der Waals surface area (Å²) in [5.41, 5.74) is 5.03. The van der Waals surface area contributed by atoms with Crippen molar-refractivity contribution in [3.05, 3.63) is 83.5 Å². The standard InChI is InChI=1S/C32H31F2N5O4/c33-25-15-21(14-22(17-35)29(25)38-23-8-12-41-13-9-23)24-7-11-36-26-16-27(43-31(24)26)30-28(34)20(6-10-37-30)18-42-39-32(40)19-4-2-1-3-5-19/h1-5,7,11,14-16,20,23,28,30,37-38H,6,8-10,12-13,18H2,(H,39,40). The van der Waals surface area contributed by atoms with E-state index in [1.807, 2.05) is 0 Å². The number of carbonyl (C=O) groups is 1. The van der Waals surface area contributed by atoms with Gasteiger partial charge in [-0.3, -0.25) is 14.6 Å². The molecular formula is C32H31F2N5O4. The Morgan fingerprint density at radius 1 is 1.14 bits per heavy atom. The third-order valence-electron chi connectivity index (χ3n) is 7.98. The van der Waals surface area contributed by atoms with E-state index in [1.54, 1.807) is 54.7 Å². The quantitative estimate of drug-likeness (QED) is 0.233. The van der Waals surface area contributed by atoms with Gasteiger partial charge >= 0.3 is 0 Å². The molecule has 3 N–H and O–H groups in total. The second kappa shape index (κ2) is 12.9. The fourth-order valence-electron chi connectivity index (χ4n) is 5.64. The van der Waals surface area contributed by atoms with Crippen molar-refractivity contribution in [3.8, 4) is 17.2 Å². The largest absolute Gasteiger partial charge is 0.457 e. The van der Waals surface area contributed by atoms with Crippen LogP contribution in [-0.4, -0.2) is 49.5 Å². The normalized spacial score (nSPS) is 20.9. The number of nitriles is 1. The Hall–Kier alpha value is -4.37. The first-order chi connectivity index (χ1) is 21.0. The highest BCUT2D eigenvalue weighted by molar-refractivity contribution is 5.93. The maximum absolute atomic E-state index is 15.8. The molecule has 3 atom stereocenters. The Kier molecular flexibility index (Phi) is 8.60. The van der Waals surface area contributed by atoms with Gasteiger partial charge in [-0.15, -0.1) is 0 Å². The molecule has 0 bridgehead atoms. The van der Waals surface area contributed by atoms with E-state index in [1.165, 1.54) is 6.07 Å². The summed E-state index contributed by atoms with van der Waals surface area (Å²) in [7, 11) is 0. The molecule has 9 nitrogen and oxygen atoms in total. The number of halogens is 2. The van der Waals surface area contributed by atoms with E-state index in [0.717, 1.165) is 12.8 Å². The molecule has 2 aromatic carbocycles. The summed E-state index contributed by atoms with van der Waals surface area (Å²) in [6, 6.07) is 16.3. The van der Waals surface area contributed by atoms with Crippen LogP contribution >= 0.6 is 0 Å². The van der Waals surface area contributed by atoms with Crippen LogP contribution in [0.3, 0.4) is 0 Å². The van der Waals surface area contributed by atoms with E-state index >= 15 is 8.78 Å². The Bertz CT molecular complexity index is 1630. The maximum atomic E-state index is 15.8. The number of hydrogen-bond donors (Lipinski definition) is 3. The van der Waals surface area contributed by atoms with Crippen LogP contribution in [0.5, 0.6) is 0 Å². The predicted octanol–water partition coefficient (Wildman–Crippen LogP) is 5.45. The monoisotopic (exact) mass is 587 g/mol. The van der Waals surface area contributed by atoms with Gasteiger partial charge in [0.05, 0.1) is 23.9 Å². The molecule has 43 heavy (non-hydrogen) atoms. The number of anilines is 1. The van der Waals surface area contributed by atoms with E-state index in [-0.39, 0.29) is 23.9 Å². The first-order valence-electron chi connectivity index (χ1n) is 14.3. The molecule has 6 rings (SSSR count). The van der Waals surface area contributed by atoms with Crippen LogP contribution in [0, 0.1) is 23.1 Å². The smallest absolute Gasteiger partial charge is 0.274 e. The van der Waals surface area contributed by atoms with Gasteiger partial charge < -0.3 is 19.8 Å². The number of furan rings is 1. The van der Waals surface area contributed by atoms with Crippen LogP contribution in [-0.2, 0) is 9.57 Å². The molecule has 2 aliphatic heterocycles. The molecule has 2 saturated heterocycles. The molecule has 222 valence electrons. The summed E-state index contributed by atoms with van der Waals surface area (Å²) in [5.74, 6) is -1.09. The SMILES string of the molecule is N#Cc1cc(-c2ccnc3cc(C4NCCC(CONC(=O)c5ccccc5)C4F)oc23)cc(F)c1NC1CCOCC1. The van der Waals surface area contributed by atoms with Crippen LogP contribution in [0.1, 0.15) is 47.0 Å². The van der Waals surface area contributed by atoms with Crippen LogP contribution in [0.4, 0.5) is 14.5 Å². The van der Waals surface area contributed by atoms with Crippen LogP contribution in [0.25, 0.3) is 22.2 Å². The van der Waals surface area contributed by atoms with Crippen molar-refractivity contribution in [2.45, 2.75) is 37.5 Å². The van der Waals surface area contributed by atoms with Crippen molar-refractivity contribution < 1.29 is 27.6 Å². The van der Waals surface area contributed by atoms with Crippen molar-refractivity contribution in [2.75, 3.05) is 31.7 Å². The van der Waals surface area contributed by atoms with Crippen LogP contribution in [0.2, 0.25) is 0 Å². The zero-order valence-electron chi connectivity index (χ0n) is 23.3. The number of nitrogens with zero attached hydrogens (tertiary/aromatic N) is 2. The molecule has 2 aliphatic rings. The zero-order chi connectivity index (χ0) is 29.8. The number of hydrogen-bond acceptors (Lipinski definition) is 8. The van der Waals surface area contributed by atoms with E-state index < -0.39 is 29.9 Å². The zero-order valence-corrected chi connectivity index (χ0v) is 23.3. The number of piperidine rings is 1. The number of pyridine rings is 1. The van der Waals surface area contributed by atoms with Gasteiger partial charge in [-0.1, -0.05) is 18.2 Å². The summed E-state index contributed by atoms with van der Waals surface area (Å²) < 4.78 is 42.7. The molecule has 0 saturated carbocycles. The summed E-state index contributed by atoms with van der Waals surface area (Å²) in [5, 5.41) is 16.2. The number of fused-ring (bicyclic) bond motifs is 1. The minimum Gasteiger partial charge on any atom is -0.457 e. The number of nitrogens with one attached hydrogen (secondary N) is 3. The van der Waals surface area contributed by atoms with E-state index in [9.17, 15) is 10.1 Å². The van der Waals surface area contributed by atoms with Gasteiger partial charge in [-0.25, -0.2) is 14.3 Å². The van der Waals surface area contributed by atoms with Crippen LogP contribution < -0.4 is 16.1 Å². The summed E-state index contributed by atoms with van der Waals surface area (Å²) in [4.78, 5) is 22.0. The Balaban J connectivity index is 1.19. The van der Waals surface area contributed by atoms with Crippen molar-refractivity contribution >= 4 is 22.7 Å². The summed E-state index contributed by atoms with van der Waals surface area (Å²) in [6.45, 7) is 1.68. The molecule has 1 amide bonds. The second-order valence-electron chi connectivity index (χ2n) is 10.8. The van der Waals surface area contributed by atoms with Crippen molar-refractivity contribution in [3.63, 3.8) is 0 Å². The average molecular weight is 588 g/mol. The van der Waals surface area contributed by atoms with E-state index in [2.05, 4.69) is 27.2 Å². The summed E-state index contributed by atoms with van der Waals surface area (Å²) in [6.07, 6.45) is 2.16. The van der Waals surface area contributed by atoms with Gasteiger partial charge in [-0.2, -0.15) is 5.26 Å². The number of benzene rings is 2. The summed E-state index contributed by atoms with van der Waals surface area (Å²) >= 11 is 0. The highest BCUT2D eigenvalue weighted by Crippen LogP contribution is 2.38. The van der Waals surface area contributed by atoms with Crippen molar-refractivity contribution in [2.24, 2.45) is 5.92 Å². The van der Waals surface area contributed by atoms with Gasteiger partial charge in [-0.05, 0) is 61.7 Å². The minimum absolute atomic E-state index is 0.00781. The third kappa shape index (κ3) is 6.22. The Morgan fingerprint density at radius 2 is 1.95 bits per heavy atom. The third-order valence-corrected chi connectivity index (χ3v) is 7.98. The molecule has 0 aliphatic carbocycles. The van der Waals surface area contributed by atoms with E-state index in [4.69, 9.17) is 14.0 Å². The number of rotatable bonds is 8. The molecule has 0 spiro atoms. The molecular weight excluding hydrogens is 556 g/mol. The molecule has 3 unspecified atom stereocenters. The highest BCUT2D eigenvalue weighted by Gasteiger charge is 2.37.